The van der Waals surface area contributed by atoms with Gasteiger partial charge in [0, 0.05) is 26.7 Å². The van der Waals surface area contributed by atoms with Gasteiger partial charge in [0.2, 0.25) is 0 Å². The van der Waals surface area contributed by atoms with E-state index in [0.29, 0.717) is 10.0 Å². The highest BCUT2D eigenvalue weighted by atomic mass is 32.1. The van der Waals surface area contributed by atoms with Crippen LogP contribution in [0.15, 0.2) is 0 Å². The molecule has 0 aliphatic heterocycles. The van der Waals surface area contributed by atoms with Crippen LogP contribution < -0.4 is 10.6 Å². The third-order valence-electron chi connectivity index (χ3n) is 2.66. The van der Waals surface area contributed by atoms with E-state index in [1.165, 1.54) is 16.2 Å². The smallest absolute Gasteiger partial charge is 0.268 e. The van der Waals surface area contributed by atoms with Crippen LogP contribution in [-0.2, 0) is 0 Å². The largest absolute Gasteiger partial charge is 0.395 e. The van der Waals surface area contributed by atoms with Gasteiger partial charge >= 0.3 is 0 Å². The van der Waals surface area contributed by atoms with Crippen molar-refractivity contribution in [2.45, 2.75) is 6.92 Å². The van der Waals surface area contributed by atoms with E-state index >= 15 is 0 Å². The lowest BCUT2D eigenvalue weighted by Crippen LogP contribution is -2.35. The number of carbonyl (C=O) groups excluding carboxylic acids is 1. The number of nitrogens with zero attached hydrogens (tertiary/aromatic N) is 3. The summed E-state index contributed by atoms with van der Waals surface area (Å²) in [6, 6.07) is 0. The number of aliphatic hydroxyl groups is 2. The maximum Gasteiger partial charge on any atom is 0.268 e. The molecule has 0 radical (unpaired) electrons. The number of nitrogen functional groups attached to an aromatic ring is 1. The molecule has 1 aromatic heterocycles. The Balaban J connectivity index is 2.94. The van der Waals surface area contributed by atoms with E-state index in [1.54, 1.807) is 0 Å². The van der Waals surface area contributed by atoms with Crippen LogP contribution in [0.3, 0.4) is 0 Å². The minimum atomic E-state index is -0.311. The molecule has 19 heavy (non-hydrogen) atoms. The molecule has 0 aliphatic rings. The monoisotopic (exact) mass is 288 g/mol. The van der Waals surface area contributed by atoms with Gasteiger partial charge in [-0.2, -0.15) is 0 Å². The number of amides is 1. The second-order valence-corrected chi connectivity index (χ2v) is 4.94. The van der Waals surface area contributed by atoms with Crippen molar-refractivity contribution >= 4 is 28.2 Å². The highest BCUT2D eigenvalue weighted by molar-refractivity contribution is 7.18. The van der Waals surface area contributed by atoms with Crippen LogP contribution >= 0.6 is 11.3 Å². The fourth-order valence-corrected chi connectivity index (χ4v) is 2.45. The first-order chi connectivity index (χ1) is 9.04. The van der Waals surface area contributed by atoms with E-state index in [2.05, 4.69) is 4.98 Å². The quantitative estimate of drug-likeness (QED) is 0.631. The van der Waals surface area contributed by atoms with Gasteiger partial charge in [-0.05, 0) is 6.92 Å². The zero-order valence-electron chi connectivity index (χ0n) is 11.2. The molecule has 0 aliphatic carbocycles. The van der Waals surface area contributed by atoms with E-state index in [4.69, 9.17) is 15.9 Å². The van der Waals surface area contributed by atoms with Crippen LogP contribution in [0.5, 0.6) is 0 Å². The van der Waals surface area contributed by atoms with E-state index in [9.17, 15) is 4.79 Å². The highest BCUT2D eigenvalue weighted by Crippen LogP contribution is 2.28. The molecule has 0 saturated heterocycles. The first-order valence-electron chi connectivity index (χ1n) is 6.03. The van der Waals surface area contributed by atoms with Crippen molar-refractivity contribution in [2.24, 2.45) is 0 Å². The molecule has 1 heterocycles. The predicted molar refractivity (Wildman–Crippen MR) is 75.5 cm³/mol. The molecule has 1 aromatic rings. The number of hydrogen-bond acceptors (Lipinski definition) is 7. The molecule has 8 heteroatoms. The van der Waals surface area contributed by atoms with Crippen molar-refractivity contribution in [3.05, 3.63) is 4.88 Å². The van der Waals surface area contributed by atoms with Crippen LogP contribution in [0.2, 0.25) is 0 Å². The van der Waals surface area contributed by atoms with Crippen molar-refractivity contribution in [3.8, 4) is 0 Å². The Kier molecular flexibility index (Phi) is 6.00. The molecule has 1 amide bonds. The first kappa shape index (κ1) is 15.7. The molecule has 1 rings (SSSR count). The van der Waals surface area contributed by atoms with Crippen molar-refractivity contribution in [3.63, 3.8) is 0 Å². The third-order valence-corrected chi connectivity index (χ3v) is 3.84. The topological polar surface area (TPSA) is 103 Å². The summed E-state index contributed by atoms with van der Waals surface area (Å²) in [7, 11) is 1.87. The van der Waals surface area contributed by atoms with Gasteiger partial charge in [-0.1, -0.05) is 11.3 Å². The molecule has 0 saturated carbocycles. The van der Waals surface area contributed by atoms with E-state index in [1.807, 2.05) is 18.9 Å². The van der Waals surface area contributed by atoms with Crippen molar-refractivity contribution < 1.29 is 15.0 Å². The van der Waals surface area contributed by atoms with Crippen molar-refractivity contribution in [1.82, 2.24) is 9.88 Å². The van der Waals surface area contributed by atoms with Crippen molar-refractivity contribution in [1.29, 1.82) is 0 Å². The standard InChI is InChI=1S/C11H20N4O3S/c1-3-14(2)11-13-9(12)8(19-11)10(18)15(4-6-16)5-7-17/h16-17H,3-7,12H2,1-2H3. The maximum atomic E-state index is 12.2. The third kappa shape index (κ3) is 3.79. The number of rotatable bonds is 7. The van der Waals surface area contributed by atoms with Crippen LogP contribution in [-0.4, -0.2) is 65.9 Å². The lowest BCUT2D eigenvalue weighted by molar-refractivity contribution is 0.0690. The average molecular weight is 288 g/mol. The minimum Gasteiger partial charge on any atom is -0.395 e. The van der Waals surface area contributed by atoms with Gasteiger partial charge in [0.1, 0.15) is 10.7 Å². The molecule has 7 nitrogen and oxygen atoms in total. The Hall–Kier alpha value is -1.38. The highest BCUT2D eigenvalue weighted by Gasteiger charge is 2.22. The Morgan fingerprint density at radius 3 is 2.42 bits per heavy atom. The summed E-state index contributed by atoms with van der Waals surface area (Å²) in [4.78, 5) is 20.0. The fourth-order valence-electron chi connectivity index (χ4n) is 1.47. The Morgan fingerprint density at radius 1 is 1.37 bits per heavy atom. The number of aliphatic hydroxyl groups excluding tert-OH is 2. The molecule has 108 valence electrons. The number of thiazole rings is 1. The van der Waals surface area contributed by atoms with Gasteiger partial charge in [-0.25, -0.2) is 4.98 Å². The van der Waals surface area contributed by atoms with Crippen LogP contribution in [0.25, 0.3) is 0 Å². The molecular weight excluding hydrogens is 268 g/mol. The Bertz CT molecular complexity index is 418. The van der Waals surface area contributed by atoms with Crippen LogP contribution in [0.1, 0.15) is 16.6 Å². The molecule has 0 bridgehead atoms. The average Bonchev–Trinajstić information content (AvgIpc) is 2.79. The predicted octanol–water partition coefficient (Wildman–Crippen LogP) is -0.392. The van der Waals surface area contributed by atoms with Crippen LogP contribution in [0, 0.1) is 0 Å². The Labute approximate surface area is 116 Å². The number of anilines is 2. The van der Waals surface area contributed by atoms with Gasteiger partial charge in [-0.3, -0.25) is 4.79 Å². The number of aromatic nitrogens is 1. The molecule has 0 fully saturated rings. The summed E-state index contributed by atoms with van der Waals surface area (Å²) in [6.07, 6.45) is 0. The number of nitrogens with two attached hydrogens (primary N) is 1. The second-order valence-electron chi connectivity index (χ2n) is 3.96. The van der Waals surface area contributed by atoms with E-state index in [-0.39, 0.29) is 38.0 Å². The SMILES string of the molecule is CCN(C)c1nc(N)c(C(=O)N(CCO)CCO)s1. The van der Waals surface area contributed by atoms with Gasteiger partial charge < -0.3 is 25.7 Å². The lowest BCUT2D eigenvalue weighted by Gasteiger charge is -2.19. The summed E-state index contributed by atoms with van der Waals surface area (Å²) < 4.78 is 0. The van der Waals surface area contributed by atoms with Crippen LogP contribution in [0.4, 0.5) is 10.9 Å². The Morgan fingerprint density at radius 2 is 1.95 bits per heavy atom. The summed E-state index contributed by atoms with van der Waals surface area (Å²) in [5.74, 6) is -0.125. The van der Waals surface area contributed by atoms with Gasteiger partial charge in [0.25, 0.3) is 5.91 Å². The summed E-state index contributed by atoms with van der Waals surface area (Å²) in [6.45, 7) is 2.74. The molecule has 0 spiro atoms. The summed E-state index contributed by atoms with van der Waals surface area (Å²) >= 11 is 1.22. The number of hydrogen-bond donors (Lipinski definition) is 3. The van der Waals surface area contributed by atoms with Gasteiger partial charge in [0.15, 0.2) is 5.13 Å². The molecule has 0 unspecified atom stereocenters. The van der Waals surface area contributed by atoms with Gasteiger partial charge in [-0.15, -0.1) is 0 Å². The normalized spacial score (nSPS) is 10.5. The zero-order valence-corrected chi connectivity index (χ0v) is 12.0. The summed E-state index contributed by atoms with van der Waals surface area (Å²) in [5, 5.41) is 18.5. The fraction of sp³-hybridized carbons (Fsp3) is 0.636. The zero-order chi connectivity index (χ0) is 14.4. The molecule has 0 atom stereocenters. The number of carbonyl (C=O) groups is 1. The van der Waals surface area contributed by atoms with E-state index < -0.39 is 0 Å². The maximum absolute atomic E-state index is 12.2. The molecular formula is C11H20N4O3S. The summed E-state index contributed by atoms with van der Waals surface area (Å²) in [5.41, 5.74) is 5.77. The first-order valence-corrected chi connectivity index (χ1v) is 6.85. The van der Waals surface area contributed by atoms with E-state index in [0.717, 1.165) is 6.54 Å². The van der Waals surface area contributed by atoms with Crippen molar-refractivity contribution in [2.75, 3.05) is 50.5 Å². The second kappa shape index (κ2) is 7.27. The molecule has 4 N–H and O–H groups in total. The van der Waals surface area contributed by atoms with Gasteiger partial charge in [0.05, 0.1) is 13.2 Å². The minimum absolute atomic E-state index is 0.161. The lowest BCUT2D eigenvalue weighted by atomic mass is 10.4. The molecule has 0 aromatic carbocycles.